The van der Waals surface area contributed by atoms with E-state index in [0.717, 1.165) is 21.1 Å². The van der Waals surface area contributed by atoms with Gasteiger partial charge in [0.15, 0.2) is 0 Å². The zero-order chi connectivity index (χ0) is 18.7. The van der Waals surface area contributed by atoms with Crippen LogP contribution in [0.4, 0.5) is 8.78 Å². The van der Waals surface area contributed by atoms with Crippen molar-refractivity contribution in [1.29, 1.82) is 0 Å². The molecule has 6 heteroatoms. The van der Waals surface area contributed by atoms with Crippen molar-refractivity contribution in [2.45, 2.75) is 19.6 Å². The molecular formula is C20H17BrF2N2O. The average molecular weight is 419 g/mol. The number of fused-ring (bicyclic) bond motifs is 1. The van der Waals surface area contributed by atoms with Crippen molar-refractivity contribution in [3.05, 3.63) is 77.1 Å². The van der Waals surface area contributed by atoms with Crippen molar-refractivity contribution in [2.75, 3.05) is 0 Å². The zero-order valence-electron chi connectivity index (χ0n) is 14.0. The molecule has 1 aromatic heterocycles. The highest BCUT2D eigenvalue weighted by Crippen LogP contribution is 2.29. The van der Waals surface area contributed by atoms with E-state index in [4.69, 9.17) is 4.74 Å². The van der Waals surface area contributed by atoms with Crippen LogP contribution in [0, 0.1) is 0 Å². The number of rotatable bonds is 7. The number of imidazole rings is 1. The molecule has 3 aromatic rings. The second-order valence-corrected chi connectivity index (χ2v) is 6.57. The van der Waals surface area contributed by atoms with Gasteiger partial charge in [-0.05, 0) is 42.3 Å². The summed E-state index contributed by atoms with van der Waals surface area (Å²) in [4.78, 5) is 4.55. The molecule has 134 valence electrons. The first-order valence-corrected chi connectivity index (χ1v) is 8.77. The monoisotopic (exact) mass is 418 g/mol. The molecule has 3 rings (SSSR count). The summed E-state index contributed by atoms with van der Waals surface area (Å²) in [6.45, 7) is 5.01. The number of ether oxygens (including phenoxy) is 1. The maximum atomic E-state index is 12.9. The van der Waals surface area contributed by atoms with E-state index in [1.807, 2.05) is 28.8 Å². The van der Waals surface area contributed by atoms with E-state index >= 15 is 0 Å². The zero-order valence-corrected chi connectivity index (χ0v) is 15.5. The largest absolute Gasteiger partial charge is 0.434 e. The SMILES string of the molecule is C=CCc1cccc(OC(F)F)c1Cn1c(C=C)nc2ccc(Br)cc21. The Morgan fingerprint density at radius 3 is 2.73 bits per heavy atom. The van der Waals surface area contributed by atoms with E-state index in [-0.39, 0.29) is 5.75 Å². The normalized spacial score (nSPS) is 11.1. The molecule has 0 saturated heterocycles. The first-order chi connectivity index (χ1) is 12.5. The number of hydrogen-bond acceptors (Lipinski definition) is 2. The van der Waals surface area contributed by atoms with E-state index in [1.165, 1.54) is 0 Å². The van der Waals surface area contributed by atoms with Crippen LogP contribution in [0.25, 0.3) is 17.1 Å². The van der Waals surface area contributed by atoms with E-state index in [2.05, 4.69) is 34.1 Å². The number of alkyl halides is 2. The average Bonchev–Trinajstić information content (AvgIpc) is 2.94. The first kappa shape index (κ1) is 18.3. The fourth-order valence-electron chi connectivity index (χ4n) is 2.94. The molecule has 0 bridgehead atoms. The Hall–Kier alpha value is -2.47. The van der Waals surface area contributed by atoms with Crippen molar-refractivity contribution < 1.29 is 13.5 Å². The van der Waals surface area contributed by atoms with Gasteiger partial charge in [0, 0.05) is 10.0 Å². The number of nitrogens with zero attached hydrogens (tertiary/aromatic N) is 2. The van der Waals surface area contributed by atoms with Crippen LogP contribution in [0.2, 0.25) is 0 Å². The van der Waals surface area contributed by atoms with Gasteiger partial charge < -0.3 is 9.30 Å². The lowest BCUT2D eigenvalue weighted by Gasteiger charge is -2.16. The Morgan fingerprint density at radius 2 is 2.04 bits per heavy atom. The van der Waals surface area contributed by atoms with Crippen LogP contribution in [0.3, 0.4) is 0 Å². The van der Waals surface area contributed by atoms with Gasteiger partial charge in [0.1, 0.15) is 11.6 Å². The molecule has 0 spiro atoms. The molecule has 1 heterocycles. The predicted octanol–water partition coefficient (Wildman–Crippen LogP) is 5.82. The Bertz CT molecular complexity index is 966. The van der Waals surface area contributed by atoms with Crippen LogP contribution < -0.4 is 4.74 Å². The third-order valence-electron chi connectivity index (χ3n) is 4.05. The topological polar surface area (TPSA) is 27.1 Å². The molecule has 3 nitrogen and oxygen atoms in total. The molecular weight excluding hydrogens is 402 g/mol. The van der Waals surface area contributed by atoms with E-state index in [9.17, 15) is 8.78 Å². The molecule has 26 heavy (non-hydrogen) atoms. The molecule has 0 saturated carbocycles. The van der Waals surface area contributed by atoms with E-state index in [1.54, 1.807) is 24.3 Å². The lowest BCUT2D eigenvalue weighted by atomic mass is 10.0. The fraction of sp³-hybridized carbons (Fsp3) is 0.150. The standard InChI is InChI=1S/C20H17BrF2N2O/c1-3-6-13-7-5-8-18(26-20(22)23)15(13)12-25-17-11-14(21)9-10-16(17)24-19(25)4-2/h3-5,7-11,20H,1-2,6,12H2. The Labute approximate surface area is 158 Å². The summed E-state index contributed by atoms with van der Waals surface area (Å²) < 4.78 is 33.3. The minimum atomic E-state index is -2.89. The van der Waals surface area contributed by atoms with Crippen molar-refractivity contribution in [3.63, 3.8) is 0 Å². The predicted molar refractivity (Wildman–Crippen MR) is 104 cm³/mol. The van der Waals surface area contributed by atoms with Gasteiger partial charge in [0.25, 0.3) is 0 Å². The van der Waals surface area contributed by atoms with Crippen molar-refractivity contribution in [3.8, 4) is 5.75 Å². The second kappa shape index (κ2) is 7.83. The smallest absolute Gasteiger partial charge is 0.387 e. The Balaban J connectivity index is 2.16. The van der Waals surface area contributed by atoms with Crippen LogP contribution in [0.15, 0.2) is 60.1 Å². The number of aromatic nitrogens is 2. The van der Waals surface area contributed by atoms with E-state index in [0.29, 0.717) is 24.4 Å². The molecule has 0 aliphatic carbocycles. The Morgan fingerprint density at radius 1 is 1.23 bits per heavy atom. The van der Waals surface area contributed by atoms with Crippen molar-refractivity contribution >= 4 is 33.0 Å². The summed E-state index contributed by atoms with van der Waals surface area (Å²) in [5.41, 5.74) is 3.24. The van der Waals surface area contributed by atoms with E-state index < -0.39 is 6.61 Å². The molecule has 0 aliphatic heterocycles. The van der Waals surface area contributed by atoms with Crippen LogP contribution in [0.5, 0.6) is 5.75 Å². The minimum absolute atomic E-state index is 0.159. The highest BCUT2D eigenvalue weighted by Gasteiger charge is 2.17. The summed E-state index contributed by atoms with van der Waals surface area (Å²) in [5, 5.41) is 0. The highest BCUT2D eigenvalue weighted by molar-refractivity contribution is 9.10. The highest BCUT2D eigenvalue weighted by atomic mass is 79.9. The van der Waals surface area contributed by atoms with Crippen molar-refractivity contribution in [1.82, 2.24) is 9.55 Å². The van der Waals surface area contributed by atoms with Gasteiger partial charge in [-0.1, -0.05) is 40.7 Å². The van der Waals surface area contributed by atoms with Gasteiger partial charge in [0.2, 0.25) is 0 Å². The minimum Gasteiger partial charge on any atom is -0.434 e. The lowest BCUT2D eigenvalue weighted by Crippen LogP contribution is -2.10. The molecule has 0 fully saturated rings. The summed E-state index contributed by atoms with van der Waals surface area (Å²) in [6, 6.07) is 10.9. The summed E-state index contributed by atoms with van der Waals surface area (Å²) in [7, 11) is 0. The van der Waals surface area contributed by atoms with Crippen LogP contribution >= 0.6 is 15.9 Å². The summed E-state index contributed by atoms with van der Waals surface area (Å²) in [6.07, 6.45) is 3.94. The van der Waals surface area contributed by atoms with Gasteiger partial charge in [-0.25, -0.2) is 4.98 Å². The second-order valence-electron chi connectivity index (χ2n) is 5.66. The Kier molecular flexibility index (Phi) is 5.52. The third kappa shape index (κ3) is 3.70. The van der Waals surface area contributed by atoms with Gasteiger partial charge in [-0.15, -0.1) is 6.58 Å². The number of allylic oxidation sites excluding steroid dienone is 1. The molecule has 0 atom stereocenters. The number of benzene rings is 2. The molecule has 0 radical (unpaired) electrons. The summed E-state index contributed by atoms with van der Waals surface area (Å²) in [5.74, 6) is 0.820. The van der Waals surface area contributed by atoms with Gasteiger partial charge >= 0.3 is 6.61 Å². The number of hydrogen-bond donors (Lipinski definition) is 0. The number of halogens is 3. The molecule has 2 aromatic carbocycles. The first-order valence-electron chi connectivity index (χ1n) is 7.98. The van der Waals surface area contributed by atoms with Crippen LogP contribution in [0.1, 0.15) is 17.0 Å². The molecule has 0 N–H and O–H groups in total. The third-order valence-corrected chi connectivity index (χ3v) is 4.54. The van der Waals surface area contributed by atoms with Gasteiger partial charge in [-0.2, -0.15) is 8.78 Å². The van der Waals surface area contributed by atoms with Crippen LogP contribution in [-0.2, 0) is 13.0 Å². The van der Waals surface area contributed by atoms with Crippen LogP contribution in [-0.4, -0.2) is 16.2 Å². The van der Waals surface area contributed by atoms with Gasteiger partial charge in [-0.3, -0.25) is 0 Å². The molecule has 0 aliphatic rings. The summed E-state index contributed by atoms with van der Waals surface area (Å²) >= 11 is 3.47. The quantitative estimate of drug-likeness (QED) is 0.452. The molecule has 0 unspecified atom stereocenters. The maximum absolute atomic E-state index is 12.9. The maximum Gasteiger partial charge on any atom is 0.387 e. The fourth-order valence-corrected chi connectivity index (χ4v) is 3.29. The van der Waals surface area contributed by atoms with Gasteiger partial charge in [0.05, 0.1) is 17.6 Å². The van der Waals surface area contributed by atoms with Crippen molar-refractivity contribution in [2.24, 2.45) is 0 Å². The molecule has 0 amide bonds. The lowest BCUT2D eigenvalue weighted by molar-refractivity contribution is -0.0505.